The van der Waals surface area contributed by atoms with Crippen molar-refractivity contribution in [1.29, 1.82) is 0 Å². The van der Waals surface area contributed by atoms with E-state index in [1.165, 1.54) is 0 Å². The van der Waals surface area contributed by atoms with E-state index in [1.807, 2.05) is 28.8 Å². The van der Waals surface area contributed by atoms with Gasteiger partial charge in [0, 0.05) is 19.9 Å². The lowest BCUT2D eigenvalue weighted by molar-refractivity contribution is 0.204. The Morgan fingerprint density at radius 3 is 3.11 bits per heavy atom. The van der Waals surface area contributed by atoms with E-state index in [-0.39, 0.29) is 24.0 Å². The zero-order valence-electron chi connectivity index (χ0n) is 10.6. The zero-order valence-corrected chi connectivity index (χ0v) is 12.9. The molecule has 0 aromatic carbocycles. The van der Waals surface area contributed by atoms with Gasteiger partial charge in [-0.15, -0.1) is 34.2 Å². The summed E-state index contributed by atoms with van der Waals surface area (Å²) >= 11 is 0. The monoisotopic (exact) mass is 376 g/mol. The van der Waals surface area contributed by atoms with Crippen molar-refractivity contribution in [2.45, 2.75) is 6.54 Å². The molecule has 7 nitrogen and oxygen atoms in total. The molecule has 0 saturated heterocycles. The minimum absolute atomic E-state index is 0. The number of aromatic nitrogens is 3. The van der Waals surface area contributed by atoms with Crippen molar-refractivity contribution in [2.24, 2.45) is 10.7 Å². The molecule has 0 atom stereocenters. The summed E-state index contributed by atoms with van der Waals surface area (Å²) in [5.41, 5.74) is 6.50. The van der Waals surface area contributed by atoms with Crippen LogP contribution in [0.15, 0.2) is 29.4 Å². The topological polar surface area (TPSA) is 89.8 Å². The summed E-state index contributed by atoms with van der Waals surface area (Å²) in [5, 5.41) is 11.0. The lowest BCUT2D eigenvalue weighted by Crippen LogP contribution is -2.34. The van der Waals surface area contributed by atoms with Gasteiger partial charge >= 0.3 is 0 Å². The third-order valence-electron chi connectivity index (χ3n) is 2.39. The molecule has 0 saturated carbocycles. The van der Waals surface area contributed by atoms with Crippen LogP contribution in [0.2, 0.25) is 0 Å². The van der Waals surface area contributed by atoms with Crippen LogP contribution in [-0.4, -0.2) is 40.8 Å². The quantitative estimate of drug-likeness (QED) is 0.341. The molecule has 104 valence electrons. The maximum atomic E-state index is 5.70. The Morgan fingerprint density at radius 2 is 2.32 bits per heavy atom. The summed E-state index contributed by atoms with van der Waals surface area (Å²) < 4.78 is 6.78. The van der Waals surface area contributed by atoms with Crippen LogP contribution in [0.1, 0.15) is 5.82 Å². The van der Waals surface area contributed by atoms with Gasteiger partial charge in [-0.05, 0) is 12.1 Å². The van der Waals surface area contributed by atoms with E-state index in [0.717, 1.165) is 11.5 Å². The van der Waals surface area contributed by atoms with Gasteiger partial charge in [-0.25, -0.2) is 4.99 Å². The zero-order chi connectivity index (χ0) is 12.8. The van der Waals surface area contributed by atoms with Crippen LogP contribution < -0.4 is 11.1 Å². The first-order valence-electron chi connectivity index (χ1n) is 5.62. The van der Waals surface area contributed by atoms with Gasteiger partial charge in [0.2, 0.25) is 0 Å². The van der Waals surface area contributed by atoms with Crippen LogP contribution >= 0.6 is 24.0 Å². The number of nitrogens with one attached hydrogen (secondary N) is 1. The Morgan fingerprint density at radius 1 is 1.47 bits per heavy atom. The molecule has 0 bridgehead atoms. The first-order valence-corrected chi connectivity index (χ1v) is 5.62. The molecule has 0 fully saturated rings. The number of ether oxygens (including phenoxy) is 1. The number of halogens is 1. The van der Waals surface area contributed by atoms with Gasteiger partial charge in [0.25, 0.3) is 0 Å². The molecule has 0 spiro atoms. The van der Waals surface area contributed by atoms with E-state index < -0.39 is 0 Å². The molecule has 0 aliphatic rings. The van der Waals surface area contributed by atoms with E-state index in [1.54, 1.807) is 7.11 Å². The molecule has 19 heavy (non-hydrogen) atoms. The molecule has 2 aromatic heterocycles. The highest BCUT2D eigenvalue weighted by atomic mass is 127. The fraction of sp³-hybridized carbons (Fsp3) is 0.364. The van der Waals surface area contributed by atoms with Crippen molar-refractivity contribution in [1.82, 2.24) is 19.9 Å². The predicted octanol–water partition coefficient (Wildman–Crippen LogP) is 0.398. The summed E-state index contributed by atoms with van der Waals surface area (Å²) in [6.07, 6.45) is 1.90. The first kappa shape index (κ1) is 15.6. The molecule has 0 aliphatic heterocycles. The van der Waals surface area contributed by atoms with Crippen LogP contribution in [0.3, 0.4) is 0 Å². The maximum Gasteiger partial charge on any atom is 0.189 e. The van der Waals surface area contributed by atoms with Gasteiger partial charge in [0.05, 0.1) is 6.61 Å². The minimum atomic E-state index is 0. The summed E-state index contributed by atoms with van der Waals surface area (Å²) in [4.78, 5) is 4.19. The van der Waals surface area contributed by atoms with E-state index in [4.69, 9.17) is 10.5 Å². The molecular formula is C11H17IN6O. The molecular weight excluding hydrogens is 359 g/mol. The summed E-state index contributed by atoms with van der Waals surface area (Å²) in [6.45, 7) is 1.60. The fourth-order valence-electron chi connectivity index (χ4n) is 1.49. The Labute approximate surface area is 128 Å². The smallest absolute Gasteiger partial charge is 0.189 e. The molecule has 0 aliphatic carbocycles. The molecule has 8 heteroatoms. The van der Waals surface area contributed by atoms with Crippen molar-refractivity contribution in [3.8, 4) is 0 Å². The number of nitrogens with zero attached hydrogens (tertiary/aromatic N) is 4. The van der Waals surface area contributed by atoms with Gasteiger partial charge in [-0.1, -0.05) is 6.07 Å². The number of nitrogens with two attached hydrogens (primary N) is 1. The second kappa shape index (κ2) is 7.89. The highest BCUT2D eigenvalue weighted by Gasteiger charge is 2.03. The van der Waals surface area contributed by atoms with Gasteiger partial charge in [-0.3, -0.25) is 4.40 Å². The highest BCUT2D eigenvalue weighted by molar-refractivity contribution is 14.0. The van der Waals surface area contributed by atoms with E-state index in [9.17, 15) is 0 Å². The van der Waals surface area contributed by atoms with Gasteiger partial charge in [0.1, 0.15) is 6.54 Å². The largest absolute Gasteiger partial charge is 0.383 e. The van der Waals surface area contributed by atoms with Crippen molar-refractivity contribution in [2.75, 3.05) is 20.3 Å². The van der Waals surface area contributed by atoms with Crippen LogP contribution in [0, 0.1) is 0 Å². The normalized spacial score (nSPS) is 11.3. The van der Waals surface area contributed by atoms with Crippen molar-refractivity contribution >= 4 is 35.6 Å². The van der Waals surface area contributed by atoms with Crippen LogP contribution in [0.25, 0.3) is 5.65 Å². The van der Waals surface area contributed by atoms with E-state index in [0.29, 0.717) is 25.7 Å². The number of aliphatic imine (C=N–C) groups is 1. The standard InChI is InChI=1S/C11H16N6O.HI/c1-18-7-5-13-11(12)14-8-10-16-15-9-4-2-3-6-17(9)10;/h2-4,6H,5,7-8H2,1H3,(H3,12,13,14);1H. The predicted molar refractivity (Wildman–Crippen MR) is 83.6 cm³/mol. The summed E-state index contributed by atoms with van der Waals surface area (Å²) in [7, 11) is 1.64. The number of rotatable bonds is 5. The average Bonchev–Trinajstić information content (AvgIpc) is 2.80. The number of guanidine groups is 1. The Kier molecular flexibility index (Phi) is 6.50. The number of pyridine rings is 1. The lowest BCUT2D eigenvalue weighted by Gasteiger charge is -2.03. The number of hydrogen-bond acceptors (Lipinski definition) is 4. The highest BCUT2D eigenvalue weighted by Crippen LogP contribution is 2.03. The molecule has 0 radical (unpaired) electrons. The lowest BCUT2D eigenvalue weighted by atomic mass is 10.4. The minimum Gasteiger partial charge on any atom is -0.383 e. The number of hydrogen-bond donors (Lipinski definition) is 2. The molecule has 2 rings (SSSR count). The van der Waals surface area contributed by atoms with E-state index >= 15 is 0 Å². The summed E-state index contributed by atoms with van der Waals surface area (Å²) in [6, 6.07) is 5.72. The average molecular weight is 376 g/mol. The Balaban J connectivity index is 0.00000180. The molecule has 0 unspecified atom stereocenters. The number of fused-ring (bicyclic) bond motifs is 1. The maximum absolute atomic E-state index is 5.70. The van der Waals surface area contributed by atoms with Gasteiger partial charge < -0.3 is 15.8 Å². The molecule has 2 aromatic rings. The third kappa shape index (κ3) is 4.31. The number of methoxy groups -OCH3 is 1. The SMILES string of the molecule is COCCNC(N)=NCc1nnc2ccccn12.I. The van der Waals surface area contributed by atoms with E-state index in [2.05, 4.69) is 20.5 Å². The molecule has 2 heterocycles. The van der Waals surface area contributed by atoms with Gasteiger partial charge in [-0.2, -0.15) is 0 Å². The Bertz CT molecular complexity index is 541. The molecule has 0 amide bonds. The van der Waals surface area contributed by atoms with Crippen molar-refractivity contribution in [3.63, 3.8) is 0 Å². The molecule has 3 N–H and O–H groups in total. The fourth-order valence-corrected chi connectivity index (χ4v) is 1.49. The van der Waals surface area contributed by atoms with Crippen LogP contribution in [0.4, 0.5) is 0 Å². The second-order valence-electron chi connectivity index (χ2n) is 3.67. The Hall–Kier alpha value is -1.42. The van der Waals surface area contributed by atoms with Crippen molar-refractivity contribution < 1.29 is 4.74 Å². The van der Waals surface area contributed by atoms with Crippen LogP contribution in [-0.2, 0) is 11.3 Å². The van der Waals surface area contributed by atoms with Crippen LogP contribution in [0.5, 0.6) is 0 Å². The van der Waals surface area contributed by atoms with Gasteiger partial charge in [0.15, 0.2) is 17.4 Å². The first-order chi connectivity index (χ1) is 8.81. The summed E-state index contributed by atoms with van der Waals surface area (Å²) in [5.74, 6) is 1.13. The second-order valence-corrected chi connectivity index (χ2v) is 3.67. The third-order valence-corrected chi connectivity index (χ3v) is 2.39. The van der Waals surface area contributed by atoms with Crippen molar-refractivity contribution in [3.05, 3.63) is 30.2 Å².